The van der Waals surface area contributed by atoms with E-state index >= 15 is 0 Å². The lowest BCUT2D eigenvalue weighted by Gasteiger charge is -2.13. The number of carbonyl (C=O) groups excluding carboxylic acids is 1. The topological polar surface area (TPSA) is 70.8 Å². The molecule has 1 saturated heterocycles. The number of thioether (sulfide) groups is 1. The van der Waals surface area contributed by atoms with Crippen LogP contribution in [0.2, 0.25) is 0 Å². The monoisotopic (exact) mass is 487 g/mol. The van der Waals surface area contributed by atoms with E-state index in [-0.39, 0.29) is 29.4 Å². The summed E-state index contributed by atoms with van der Waals surface area (Å²) in [5.74, 6) is -2.02. The Morgan fingerprint density at radius 1 is 1.19 bits per heavy atom. The van der Waals surface area contributed by atoms with Crippen molar-refractivity contribution in [1.82, 2.24) is 4.90 Å². The Balaban J connectivity index is 1.68. The summed E-state index contributed by atoms with van der Waals surface area (Å²) in [7, 11) is 0. The van der Waals surface area contributed by atoms with E-state index in [0.29, 0.717) is 41.1 Å². The van der Waals surface area contributed by atoms with Crippen molar-refractivity contribution < 1.29 is 36.7 Å². The molecular weight excluding hydrogens is 470 g/mol. The number of carbonyl (C=O) groups is 2. The zero-order valence-electron chi connectivity index (χ0n) is 16.4. The van der Waals surface area contributed by atoms with Crippen LogP contribution in [0.25, 0.3) is 17.4 Å². The zero-order chi connectivity index (χ0) is 23.5. The summed E-state index contributed by atoms with van der Waals surface area (Å²) >= 11 is 6.31. The Morgan fingerprint density at radius 2 is 1.94 bits per heavy atom. The lowest BCUT2D eigenvalue weighted by atomic mass is 10.1. The number of benzene rings is 1. The summed E-state index contributed by atoms with van der Waals surface area (Å²) in [6, 6.07) is 5.04. The SMILES string of the molecule is O=C(O)CCCCCN1C(=O)/C(=C/c2ccc(-c3ccc(C(F)(F)F)cc3F)o2)SC1=S. The Kier molecular flexibility index (Phi) is 7.40. The normalized spacial score (nSPS) is 15.8. The molecule has 0 bridgehead atoms. The Morgan fingerprint density at radius 3 is 2.59 bits per heavy atom. The lowest BCUT2D eigenvalue weighted by molar-refractivity contribution is -0.138. The number of hydrogen-bond acceptors (Lipinski definition) is 5. The maximum atomic E-state index is 14.2. The van der Waals surface area contributed by atoms with Crippen LogP contribution in [0.5, 0.6) is 0 Å². The number of nitrogens with zero attached hydrogens (tertiary/aromatic N) is 1. The van der Waals surface area contributed by atoms with Crippen LogP contribution in [-0.2, 0) is 15.8 Å². The molecule has 1 fully saturated rings. The molecular formula is C21H17F4NO4S2. The van der Waals surface area contributed by atoms with Crippen molar-refractivity contribution in [3.63, 3.8) is 0 Å². The van der Waals surface area contributed by atoms with Crippen LogP contribution >= 0.6 is 24.0 Å². The van der Waals surface area contributed by atoms with E-state index in [1.165, 1.54) is 23.1 Å². The van der Waals surface area contributed by atoms with Crippen LogP contribution < -0.4 is 0 Å². The summed E-state index contributed by atoms with van der Waals surface area (Å²) in [4.78, 5) is 24.9. The molecule has 5 nitrogen and oxygen atoms in total. The fourth-order valence-corrected chi connectivity index (χ4v) is 4.30. The maximum absolute atomic E-state index is 14.2. The summed E-state index contributed by atoms with van der Waals surface area (Å²) < 4.78 is 58.2. The van der Waals surface area contributed by atoms with Crippen LogP contribution in [0.1, 0.15) is 37.0 Å². The van der Waals surface area contributed by atoms with Gasteiger partial charge < -0.3 is 9.52 Å². The van der Waals surface area contributed by atoms with Gasteiger partial charge in [-0.1, -0.05) is 30.4 Å². The van der Waals surface area contributed by atoms with Crippen LogP contribution in [0.15, 0.2) is 39.7 Å². The molecule has 2 heterocycles. The number of hydrogen-bond donors (Lipinski definition) is 1. The van der Waals surface area contributed by atoms with Crippen LogP contribution in [-0.4, -0.2) is 32.7 Å². The van der Waals surface area contributed by atoms with E-state index in [0.717, 1.165) is 23.9 Å². The number of unbranched alkanes of at least 4 members (excludes halogenated alkanes) is 2. The molecule has 1 amide bonds. The van der Waals surface area contributed by atoms with Gasteiger partial charge in [-0.05, 0) is 43.2 Å². The number of amides is 1. The number of halogens is 4. The number of carboxylic acids is 1. The second kappa shape index (κ2) is 9.86. The van der Waals surface area contributed by atoms with Gasteiger partial charge in [0.25, 0.3) is 5.91 Å². The van der Waals surface area contributed by atoms with Gasteiger partial charge in [0.15, 0.2) is 0 Å². The molecule has 0 radical (unpaired) electrons. The number of carboxylic acid groups (broad SMARTS) is 1. The minimum absolute atomic E-state index is 0.0244. The van der Waals surface area contributed by atoms with Gasteiger partial charge in [-0.15, -0.1) is 0 Å². The van der Waals surface area contributed by atoms with Gasteiger partial charge in [-0.3, -0.25) is 14.5 Å². The molecule has 0 aliphatic carbocycles. The third-order valence-corrected chi connectivity index (χ3v) is 5.99. The van der Waals surface area contributed by atoms with Crippen molar-refractivity contribution in [1.29, 1.82) is 0 Å². The van der Waals surface area contributed by atoms with E-state index in [9.17, 15) is 27.2 Å². The first kappa shape index (κ1) is 24.0. The van der Waals surface area contributed by atoms with Gasteiger partial charge in [-0.2, -0.15) is 13.2 Å². The molecule has 11 heteroatoms. The molecule has 0 unspecified atom stereocenters. The van der Waals surface area contributed by atoms with Crippen molar-refractivity contribution >= 4 is 46.3 Å². The van der Waals surface area contributed by atoms with Crippen LogP contribution in [0, 0.1) is 5.82 Å². The molecule has 0 saturated carbocycles. The molecule has 170 valence electrons. The summed E-state index contributed by atoms with van der Waals surface area (Å²) in [5.41, 5.74) is -1.23. The van der Waals surface area contributed by atoms with Crippen molar-refractivity contribution in [2.24, 2.45) is 0 Å². The average Bonchev–Trinajstić information content (AvgIpc) is 3.26. The Labute approximate surface area is 190 Å². The van der Waals surface area contributed by atoms with Gasteiger partial charge >= 0.3 is 12.1 Å². The maximum Gasteiger partial charge on any atom is 0.416 e. The fourth-order valence-electron chi connectivity index (χ4n) is 3.01. The summed E-state index contributed by atoms with van der Waals surface area (Å²) in [6.45, 7) is 0.363. The lowest BCUT2D eigenvalue weighted by Crippen LogP contribution is -2.29. The third kappa shape index (κ3) is 5.77. The smallest absolute Gasteiger partial charge is 0.416 e. The molecule has 1 aliphatic rings. The number of thiocarbonyl (C=S) groups is 1. The highest BCUT2D eigenvalue weighted by Crippen LogP contribution is 2.35. The van der Waals surface area contributed by atoms with Crippen molar-refractivity contribution in [2.75, 3.05) is 6.54 Å². The third-order valence-electron chi connectivity index (χ3n) is 4.61. The molecule has 3 rings (SSSR count). The summed E-state index contributed by atoms with van der Waals surface area (Å²) in [6.07, 6.45) is -1.39. The zero-order valence-corrected chi connectivity index (χ0v) is 18.1. The molecule has 1 N–H and O–H groups in total. The van der Waals surface area contributed by atoms with Crippen molar-refractivity contribution in [3.8, 4) is 11.3 Å². The van der Waals surface area contributed by atoms with E-state index in [1.54, 1.807) is 0 Å². The van der Waals surface area contributed by atoms with Crippen molar-refractivity contribution in [3.05, 3.63) is 52.4 Å². The van der Waals surface area contributed by atoms with Crippen molar-refractivity contribution in [2.45, 2.75) is 31.9 Å². The summed E-state index contributed by atoms with van der Waals surface area (Å²) in [5, 5.41) is 8.65. The van der Waals surface area contributed by atoms with E-state index in [1.807, 2.05) is 0 Å². The van der Waals surface area contributed by atoms with Crippen LogP contribution in [0.4, 0.5) is 17.6 Å². The molecule has 32 heavy (non-hydrogen) atoms. The predicted octanol–water partition coefficient (Wildman–Crippen LogP) is 5.95. The largest absolute Gasteiger partial charge is 0.481 e. The van der Waals surface area contributed by atoms with Gasteiger partial charge in [0.2, 0.25) is 0 Å². The quantitative estimate of drug-likeness (QED) is 0.215. The van der Waals surface area contributed by atoms with Gasteiger partial charge in [-0.25, -0.2) is 4.39 Å². The van der Waals surface area contributed by atoms with E-state index in [4.69, 9.17) is 21.7 Å². The van der Waals surface area contributed by atoms with Crippen LogP contribution in [0.3, 0.4) is 0 Å². The molecule has 2 aromatic rings. The Hall–Kier alpha value is -2.66. The van der Waals surface area contributed by atoms with Gasteiger partial charge in [0.1, 0.15) is 21.7 Å². The minimum Gasteiger partial charge on any atom is -0.481 e. The fraction of sp³-hybridized carbons (Fsp3) is 0.286. The van der Waals surface area contributed by atoms with Gasteiger partial charge in [0, 0.05) is 19.0 Å². The molecule has 1 aromatic carbocycles. The number of alkyl halides is 3. The predicted molar refractivity (Wildman–Crippen MR) is 115 cm³/mol. The number of rotatable bonds is 8. The average molecular weight is 487 g/mol. The molecule has 0 spiro atoms. The number of furan rings is 1. The second-order valence-corrected chi connectivity index (χ2v) is 8.61. The first-order valence-electron chi connectivity index (χ1n) is 9.50. The highest BCUT2D eigenvalue weighted by atomic mass is 32.2. The first-order chi connectivity index (χ1) is 15.1. The Bertz CT molecular complexity index is 1080. The minimum atomic E-state index is -4.65. The van der Waals surface area contributed by atoms with E-state index in [2.05, 4.69) is 0 Å². The molecule has 1 aromatic heterocycles. The first-order valence-corrected chi connectivity index (χ1v) is 10.7. The van der Waals surface area contributed by atoms with E-state index < -0.39 is 23.5 Å². The second-order valence-electron chi connectivity index (χ2n) is 6.93. The highest BCUT2D eigenvalue weighted by molar-refractivity contribution is 8.26. The highest BCUT2D eigenvalue weighted by Gasteiger charge is 2.33. The standard InChI is InChI=1S/C21H17F4NO4S2/c22-15-10-12(21(23,24)25)5-7-14(15)16-8-6-13(30-16)11-17-19(29)26(20(31)32-17)9-3-1-2-4-18(27)28/h5-8,10-11H,1-4,9H2,(H,27,28)/b17-11-. The number of aliphatic carboxylic acids is 1. The van der Waals surface area contributed by atoms with Gasteiger partial charge in [0.05, 0.1) is 16.0 Å². The molecule has 0 atom stereocenters. The molecule has 1 aliphatic heterocycles.